The van der Waals surface area contributed by atoms with E-state index in [0.29, 0.717) is 12.1 Å². The van der Waals surface area contributed by atoms with Gasteiger partial charge in [-0.15, -0.1) is 0 Å². The molecule has 2 N–H and O–H groups in total. The summed E-state index contributed by atoms with van der Waals surface area (Å²) in [4.78, 5) is 0. The van der Waals surface area contributed by atoms with Crippen molar-refractivity contribution in [3.63, 3.8) is 0 Å². The van der Waals surface area contributed by atoms with E-state index in [-0.39, 0.29) is 18.5 Å². The van der Waals surface area contributed by atoms with Crippen LogP contribution in [-0.2, 0) is 0 Å². The van der Waals surface area contributed by atoms with Crippen LogP contribution in [0, 0.1) is 12.7 Å². The van der Waals surface area contributed by atoms with E-state index in [1.165, 1.54) is 6.07 Å². The quantitative estimate of drug-likeness (QED) is 0.771. The Labute approximate surface area is 83.8 Å². The molecule has 0 amide bonds. The van der Waals surface area contributed by atoms with Crippen molar-refractivity contribution in [2.75, 3.05) is 13.2 Å². The third-order valence-electron chi connectivity index (χ3n) is 2.16. The Morgan fingerprint density at radius 3 is 2.79 bits per heavy atom. The highest BCUT2D eigenvalue weighted by Crippen LogP contribution is 2.18. The number of aryl methyl sites for hydroxylation is 1. The third-order valence-corrected chi connectivity index (χ3v) is 2.16. The molecule has 0 saturated heterocycles. The smallest absolute Gasteiger partial charge is 0.128 e. The normalized spacial score (nSPS) is 12.9. The molecule has 1 rings (SSSR count). The molecular weight excluding hydrogens is 181 g/mol. The molecule has 1 unspecified atom stereocenters. The van der Waals surface area contributed by atoms with Crippen LogP contribution in [0.2, 0.25) is 0 Å². The molecular formula is C11H16FNO. The number of aliphatic hydroxyl groups excluding tert-OH is 1. The van der Waals surface area contributed by atoms with E-state index in [4.69, 9.17) is 5.11 Å². The second-order valence-corrected chi connectivity index (χ2v) is 3.32. The molecule has 1 aromatic carbocycles. The lowest BCUT2D eigenvalue weighted by Gasteiger charge is -2.16. The number of nitrogens with one attached hydrogen (secondary N) is 1. The predicted octanol–water partition coefficient (Wildman–Crippen LogP) is 1.78. The SMILES string of the molecule is CCNC(CO)c1cc(C)ccc1F. The van der Waals surface area contributed by atoms with Gasteiger partial charge in [0, 0.05) is 5.56 Å². The molecule has 78 valence electrons. The number of benzene rings is 1. The number of rotatable bonds is 4. The third kappa shape index (κ3) is 2.53. The second kappa shape index (κ2) is 5.08. The van der Waals surface area contributed by atoms with Crippen molar-refractivity contribution in [1.82, 2.24) is 5.32 Å². The first-order valence-corrected chi connectivity index (χ1v) is 4.79. The van der Waals surface area contributed by atoms with Gasteiger partial charge < -0.3 is 10.4 Å². The summed E-state index contributed by atoms with van der Waals surface area (Å²) in [6, 6.07) is 4.61. The average molecular weight is 197 g/mol. The summed E-state index contributed by atoms with van der Waals surface area (Å²) in [6.07, 6.45) is 0. The number of aliphatic hydroxyl groups is 1. The van der Waals surface area contributed by atoms with Crippen LogP contribution in [0.15, 0.2) is 18.2 Å². The van der Waals surface area contributed by atoms with E-state index in [2.05, 4.69) is 5.32 Å². The standard InChI is InChI=1S/C11H16FNO/c1-3-13-11(7-14)9-6-8(2)4-5-10(9)12/h4-6,11,13-14H,3,7H2,1-2H3. The highest BCUT2D eigenvalue weighted by atomic mass is 19.1. The van der Waals surface area contributed by atoms with Gasteiger partial charge in [0.25, 0.3) is 0 Å². The maximum Gasteiger partial charge on any atom is 0.128 e. The number of halogens is 1. The zero-order valence-corrected chi connectivity index (χ0v) is 8.55. The van der Waals surface area contributed by atoms with E-state index in [1.54, 1.807) is 12.1 Å². The fraction of sp³-hybridized carbons (Fsp3) is 0.455. The Hall–Kier alpha value is -0.930. The summed E-state index contributed by atoms with van der Waals surface area (Å²) in [7, 11) is 0. The van der Waals surface area contributed by atoms with Crippen LogP contribution in [0.1, 0.15) is 24.1 Å². The first-order chi connectivity index (χ1) is 6.69. The minimum atomic E-state index is -0.306. The van der Waals surface area contributed by atoms with Crippen molar-refractivity contribution in [3.05, 3.63) is 35.1 Å². The van der Waals surface area contributed by atoms with Gasteiger partial charge in [-0.2, -0.15) is 0 Å². The van der Waals surface area contributed by atoms with E-state index < -0.39 is 0 Å². The van der Waals surface area contributed by atoms with Crippen molar-refractivity contribution in [2.24, 2.45) is 0 Å². The monoisotopic (exact) mass is 197 g/mol. The highest BCUT2D eigenvalue weighted by molar-refractivity contribution is 5.26. The second-order valence-electron chi connectivity index (χ2n) is 3.32. The van der Waals surface area contributed by atoms with Gasteiger partial charge in [0.2, 0.25) is 0 Å². The summed E-state index contributed by atoms with van der Waals surface area (Å²) in [5, 5.41) is 12.1. The van der Waals surface area contributed by atoms with Crippen LogP contribution >= 0.6 is 0 Å². The molecule has 0 aromatic heterocycles. The zero-order chi connectivity index (χ0) is 10.6. The van der Waals surface area contributed by atoms with Gasteiger partial charge in [-0.25, -0.2) is 4.39 Å². The van der Waals surface area contributed by atoms with Gasteiger partial charge in [0.1, 0.15) is 5.82 Å². The topological polar surface area (TPSA) is 32.3 Å². The lowest BCUT2D eigenvalue weighted by molar-refractivity contribution is 0.243. The van der Waals surface area contributed by atoms with E-state index in [1.807, 2.05) is 13.8 Å². The fourth-order valence-corrected chi connectivity index (χ4v) is 1.45. The number of hydrogen-bond donors (Lipinski definition) is 2. The van der Waals surface area contributed by atoms with E-state index in [0.717, 1.165) is 5.56 Å². The fourth-order valence-electron chi connectivity index (χ4n) is 1.45. The molecule has 0 heterocycles. The molecule has 1 atom stereocenters. The van der Waals surface area contributed by atoms with Gasteiger partial charge in [-0.3, -0.25) is 0 Å². The maximum absolute atomic E-state index is 13.4. The van der Waals surface area contributed by atoms with E-state index >= 15 is 0 Å². The summed E-state index contributed by atoms with van der Waals surface area (Å²) >= 11 is 0. The molecule has 0 spiro atoms. The Kier molecular flexibility index (Phi) is 4.04. The molecule has 0 fully saturated rings. The molecule has 0 saturated carbocycles. The van der Waals surface area contributed by atoms with Crippen LogP contribution in [0.25, 0.3) is 0 Å². The minimum absolute atomic E-state index is 0.0891. The molecule has 0 aliphatic heterocycles. The van der Waals surface area contributed by atoms with Crippen LogP contribution in [0.3, 0.4) is 0 Å². The van der Waals surface area contributed by atoms with Crippen LogP contribution < -0.4 is 5.32 Å². The molecule has 2 nitrogen and oxygen atoms in total. The zero-order valence-electron chi connectivity index (χ0n) is 8.55. The Morgan fingerprint density at radius 1 is 1.50 bits per heavy atom. The van der Waals surface area contributed by atoms with Crippen LogP contribution in [0.5, 0.6) is 0 Å². The van der Waals surface area contributed by atoms with Gasteiger partial charge >= 0.3 is 0 Å². The Bertz CT molecular complexity index is 301. The lowest BCUT2D eigenvalue weighted by Crippen LogP contribution is -2.25. The Balaban J connectivity index is 2.96. The lowest BCUT2D eigenvalue weighted by atomic mass is 10.0. The molecule has 0 aliphatic rings. The average Bonchev–Trinajstić information content (AvgIpc) is 2.18. The van der Waals surface area contributed by atoms with E-state index in [9.17, 15) is 4.39 Å². The number of likely N-dealkylation sites (N-methyl/N-ethyl adjacent to an activating group) is 1. The van der Waals surface area contributed by atoms with Crippen molar-refractivity contribution < 1.29 is 9.50 Å². The summed E-state index contributed by atoms with van der Waals surface area (Å²) in [6.45, 7) is 4.45. The predicted molar refractivity (Wildman–Crippen MR) is 54.6 cm³/mol. The first kappa shape index (κ1) is 11.1. The Morgan fingerprint density at radius 2 is 2.21 bits per heavy atom. The van der Waals surface area contributed by atoms with Crippen LogP contribution in [-0.4, -0.2) is 18.3 Å². The molecule has 3 heteroatoms. The summed E-state index contributed by atoms with van der Waals surface area (Å²) in [5.41, 5.74) is 1.53. The maximum atomic E-state index is 13.4. The van der Waals surface area contributed by atoms with Crippen molar-refractivity contribution in [2.45, 2.75) is 19.9 Å². The summed E-state index contributed by atoms with van der Waals surface area (Å²) < 4.78 is 13.4. The largest absolute Gasteiger partial charge is 0.394 e. The van der Waals surface area contributed by atoms with Gasteiger partial charge in [0.15, 0.2) is 0 Å². The molecule has 1 aromatic rings. The molecule has 0 bridgehead atoms. The van der Waals surface area contributed by atoms with Crippen LogP contribution in [0.4, 0.5) is 4.39 Å². The molecule has 0 aliphatic carbocycles. The minimum Gasteiger partial charge on any atom is -0.394 e. The van der Waals surface area contributed by atoms with Crippen molar-refractivity contribution in [3.8, 4) is 0 Å². The molecule has 0 radical (unpaired) electrons. The number of hydrogen-bond acceptors (Lipinski definition) is 2. The van der Waals surface area contributed by atoms with Gasteiger partial charge in [-0.1, -0.05) is 24.6 Å². The highest BCUT2D eigenvalue weighted by Gasteiger charge is 2.13. The van der Waals surface area contributed by atoms with Gasteiger partial charge in [0.05, 0.1) is 12.6 Å². The van der Waals surface area contributed by atoms with Gasteiger partial charge in [-0.05, 0) is 19.5 Å². The summed E-state index contributed by atoms with van der Waals surface area (Å²) in [5.74, 6) is -0.268. The van der Waals surface area contributed by atoms with Crippen molar-refractivity contribution in [1.29, 1.82) is 0 Å². The molecule has 14 heavy (non-hydrogen) atoms. The first-order valence-electron chi connectivity index (χ1n) is 4.79. The van der Waals surface area contributed by atoms with Crippen molar-refractivity contribution >= 4 is 0 Å².